The number of phosphoric ester groups is 1. The molecular weight excluding hydrogens is 604 g/mol. The molecule has 0 aliphatic rings. The van der Waals surface area contributed by atoms with Crippen LogP contribution < -0.4 is 10.6 Å². The van der Waals surface area contributed by atoms with Gasteiger partial charge in [0.15, 0.2) is 0 Å². The number of carbonyl (C=O) groups is 2. The van der Waals surface area contributed by atoms with E-state index < -0.39 is 54.4 Å². The lowest BCUT2D eigenvalue weighted by molar-refractivity contribution is -0.123. The lowest BCUT2D eigenvalue weighted by atomic mass is 10.0. The Morgan fingerprint density at radius 1 is 1.07 bits per heavy atom. The molecule has 2 aromatic carbocycles. The third-order valence-corrected chi connectivity index (χ3v) is 8.87. The van der Waals surface area contributed by atoms with Crippen molar-refractivity contribution in [3.05, 3.63) is 65.5 Å². The summed E-state index contributed by atoms with van der Waals surface area (Å²) in [7, 11) is -7.80. The summed E-state index contributed by atoms with van der Waals surface area (Å²) in [6.45, 7) is 5.16. The Morgan fingerprint density at radius 2 is 1.72 bits per heavy atom. The van der Waals surface area contributed by atoms with Gasteiger partial charge >= 0.3 is 13.9 Å². The Morgan fingerprint density at radius 3 is 2.30 bits per heavy atom. The summed E-state index contributed by atoms with van der Waals surface area (Å²) in [5.41, 5.74) is 1.10. The first kappa shape index (κ1) is 36.3. The molecule has 2 rings (SSSR count). The molecule has 0 saturated heterocycles. The van der Waals surface area contributed by atoms with Crippen LogP contribution in [-0.4, -0.2) is 73.4 Å². The van der Waals surface area contributed by atoms with Crippen LogP contribution in [0.1, 0.15) is 44.2 Å². The largest absolute Gasteiger partial charge is 0.469 e. The molecule has 2 aromatic rings. The number of halogens is 1. The summed E-state index contributed by atoms with van der Waals surface area (Å²) < 4.78 is 63.5. The van der Waals surface area contributed by atoms with Crippen molar-refractivity contribution in [3.8, 4) is 0 Å². The number of alkyl carbamates (subject to hydrolysis) is 1. The maximum atomic E-state index is 14.2. The summed E-state index contributed by atoms with van der Waals surface area (Å²) in [6, 6.07) is 10.1. The van der Waals surface area contributed by atoms with Gasteiger partial charge < -0.3 is 25.2 Å². The number of aryl methyl sites for hydroxylation is 1. The minimum atomic E-state index is -4.89. The number of sulfonamides is 1. The van der Waals surface area contributed by atoms with Crippen molar-refractivity contribution in [1.29, 1.82) is 0 Å². The van der Waals surface area contributed by atoms with E-state index in [9.17, 15) is 36.7 Å². The number of hydrogen-bond donors (Lipinski definition) is 4. The fourth-order valence-corrected chi connectivity index (χ4v) is 6.45. The molecule has 0 radical (unpaired) electrons. The highest BCUT2D eigenvalue weighted by atomic mass is 32.2. The van der Waals surface area contributed by atoms with Crippen molar-refractivity contribution in [2.24, 2.45) is 5.92 Å². The average molecular weight is 646 g/mol. The van der Waals surface area contributed by atoms with Crippen LogP contribution in [0.5, 0.6) is 0 Å². The van der Waals surface area contributed by atoms with Gasteiger partial charge in [-0.2, -0.15) is 4.31 Å². The molecule has 0 unspecified atom stereocenters. The molecule has 43 heavy (non-hydrogen) atoms. The summed E-state index contributed by atoms with van der Waals surface area (Å²) in [4.78, 5) is 43.3. The van der Waals surface area contributed by atoms with E-state index in [4.69, 9.17) is 4.52 Å². The maximum absolute atomic E-state index is 14.2. The van der Waals surface area contributed by atoms with Crippen LogP contribution in [0.4, 0.5) is 9.18 Å². The Labute approximate surface area is 252 Å². The molecule has 0 saturated carbocycles. The van der Waals surface area contributed by atoms with Crippen molar-refractivity contribution in [2.75, 3.05) is 26.8 Å². The first-order valence-electron chi connectivity index (χ1n) is 13.8. The highest BCUT2D eigenvalue weighted by Crippen LogP contribution is 2.37. The maximum Gasteiger partial charge on any atom is 0.469 e. The normalized spacial score (nSPS) is 13.5. The summed E-state index contributed by atoms with van der Waals surface area (Å²) in [5, 5.41) is 5.08. The summed E-state index contributed by atoms with van der Waals surface area (Å²) >= 11 is 0. The van der Waals surface area contributed by atoms with Crippen LogP contribution in [-0.2, 0) is 35.1 Å². The van der Waals surface area contributed by atoms with Gasteiger partial charge in [-0.15, -0.1) is 0 Å². The zero-order valence-corrected chi connectivity index (χ0v) is 26.4. The smallest absolute Gasteiger partial charge is 0.453 e. The van der Waals surface area contributed by atoms with E-state index in [0.29, 0.717) is 12.8 Å². The first-order chi connectivity index (χ1) is 20.1. The number of carbonyl (C=O) groups excluding carboxylic acids is 2. The number of rotatable bonds is 17. The van der Waals surface area contributed by atoms with Crippen molar-refractivity contribution >= 4 is 29.8 Å². The Hall–Kier alpha value is -2.87. The van der Waals surface area contributed by atoms with E-state index in [2.05, 4.69) is 15.4 Å². The number of ether oxygens (including phenoxy) is 1. The zero-order valence-electron chi connectivity index (χ0n) is 24.7. The molecule has 0 aliphatic heterocycles. The SMILES string of the molecule is COC(=O)N[C@@H](Cc1ccccc1F)C(=O)NCCCC[C@@H](COP(=O)(O)O)N(CC(C)C)S(=O)(=O)c1ccc(C)cc1. The highest BCUT2D eigenvalue weighted by molar-refractivity contribution is 7.89. The molecule has 240 valence electrons. The molecule has 2 amide bonds. The minimum Gasteiger partial charge on any atom is -0.453 e. The third kappa shape index (κ3) is 12.3. The molecule has 0 spiro atoms. The number of nitrogens with zero attached hydrogens (tertiary/aromatic N) is 1. The van der Waals surface area contributed by atoms with E-state index in [1.54, 1.807) is 18.2 Å². The van der Waals surface area contributed by atoms with E-state index in [1.807, 2.05) is 20.8 Å². The molecule has 15 heteroatoms. The van der Waals surface area contributed by atoms with Crippen molar-refractivity contribution in [2.45, 2.75) is 63.4 Å². The molecule has 0 bridgehead atoms. The minimum absolute atomic E-state index is 0.0474. The Kier molecular flexibility index (Phi) is 14.2. The molecule has 2 atom stereocenters. The number of phosphoric acid groups is 1. The van der Waals surface area contributed by atoms with Gasteiger partial charge in [-0.3, -0.25) is 9.32 Å². The molecule has 4 N–H and O–H groups in total. The van der Waals surface area contributed by atoms with Crippen LogP contribution in [0.3, 0.4) is 0 Å². The molecule has 0 aliphatic carbocycles. The predicted molar refractivity (Wildman–Crippen MR) is 158 cm³/mol. The number of benzene rings is 2. The number of unbranched alkanes of at least 4 members (excludes halogenated alkanes) is 1. The van der Waals surface area contributed by atoms with Gasteiger partial charge in [0.1, 0.15) is 11.9 Å². The summed E-state index contributed by atoms with van der Waals surface area (Å²) in [6.07, 6.45) is -0.0773. The summed E-state index contributed by atoms with van der Waals surface area (Å²) in [5.74, 6) is -1.20. The number of amides is 2. The van der Waals surface area contributed by atoms with E-state index in [-0.39, 0.29) is 42.3 Å². The van der Waals surface area contributed by atoms with Crippen LogP contribution in [0.2, 0.25) is 0 Å². The number of hydrogen-bond acceptors (Lipinski definition) is 7. The standard InChI is InChI=1S/C28H41FN3O9PS/c1-20(2)18-32(43(38,39)24-14-12-21(3)13-15-24)23(19-41-42(35,36)37)10-7-8-16-30-27(33)26(31-28(34)40-4)17-22-9-5-6-11-25(22)29/h5-6,9,11-15,20,23,26H,7-8,10,16-19H2,1-4H3,(H,30,33)(H,31,34)(H2,35,36,37)/t23-,26-/m0/s1. The van der Waals surface area contributed by atoms with Crippen LogP contribution in [0.25, 0.3) is 0 Å². The second-order valence-electron chi connectivity index (χ2n) is 10.5. The molecule has 12 nitrogen and oxygen atoms in total. The van der Waals surface area contributed by atoms with Gasteiger partial charge in [0.25, 0.3) is 0 Å². The quantitative estimate of drug-likeness (QED) is 0.148. The third-order valence-electron chi connectivity index (χ3n) is 6.45. The van der Waals surface area contributed by atoms with Gasteiger partial charge in [0.05, 0.1) is 18.6 Å². The lowest BCUT2D eigenvalue weighted by Crippen LogP contribution is -2.48. The fraction of sp³-hybridized carbons (Fsp3) is 0.500. The molecular formula is C28H41FN3O9PS. The van der Waals surface area contributed by atoms with Crippen molar-refractivity contribution in [1.82, 2.24) is 14.9 Å². The van der Waals surface area contributed by atoms with Gasteiger partial charge in [-0.1, -0.05) is 56.2 Å². The number of methoxy groups -OCH3 is 1. The molecule has 0 aromatic heterocycles. The topological polar surface area (TPSA) is 172 Å². The van der Waals surface area contributed by atoms with Crippen LogP contribution in [0.15, 0.2) is 53.4 Å². The van der Waals surface area contributed by atoms with E-state index >= 15 is 0 Å². The Balaban J connectivity index is 2.12. The van der Waals surface area contributed by atoms with Crippen LogP contribution in [0, 0.1) is 18.7 Å². The van der Waals surface area contributed by atoms with Gasteiger partial charge in [0.2, 0.25) is 15.9 Å². The number of nitrogens with one attached hydrogen (secondary N) is 2. The first-order valence-corrected chi connectivity index (χ1v) is 16.7. The lowest BCUT2D eigenvalue weighted by Gasteiger charge is -2.32. The predicted octanol–water partition coefficient (Wildman–Crippen LogP) is 3.51. The van der Waals surface area contributed by atoms with Gasteiger partial charge in [-0.25, -0.2) is 22.2 Å². The molecule has 0 heterocycles. The van der Waals surface area contributed by atoms with Gasteiger partial charge in [0, 0.05) is 25.6 Å². The van der Waals surface area contributed by atoms with Crippen LogP contribution >= 0.6 is 7.82 Å². The van der Waals surface area contributed by atoms with E-state index in [1.165, 1.54) is 34.6 Å². The average Bonchev–Trinajstić information content (AvgIpc) is 2.93. The second kappa shape index (κ2) is 16.8. The monoisotopic (exact) mass is 645 g/mol. The van der Waals surface area contributed by atoms with Gasteiger partial charge in [-0.05, 0) is 49.4 Å². The van der Waals surface area contributed by atoms with Crippen molar-refractivity contribution < 1.29 is 46.0 Å². The van der Waals surface area contributed by atoms with Crippen molar-refractivity contribution in [3.63, 3.8) is 0 Å². The molecule has 0 fully saturated rings. The zero-order chi connectivity index (χ0) is 32.2. The van der Waals surface area contributed by atoms with E-state index in [0.717, 1.165) is 12.7 Å². The highest BCUT2D eigenvalue weighted by Gasteiger charge is 2.33. The fourth-order valence-electron chi connectivity index (χ4n) is 4.28. The Bertz CT molecular complexity index is 1350. The second-order valence-corrected chi connectivity index (χ2v) is 13.6.